The predicted molar refractivity (Wildman–Crippen MR) is 68.5 cm³/mol. The standard InChI is InChI=1S/C13H6BrClF4/c14-13(6-1-2-8(15)9(17)3-6)12-10(18)4-7(16)5-11(12)19/h1-5,13H. The van der Waals surface area contributed by atoms with E-state index in [1.54, 1.807) is 0 Å². The SMILES string of the molecule is Fc1cc(F)c(C(Br)c2ccc(Cl)c(F)c2)c(F)c1. The highest BCUT2D eigenvalue weighted by Crippen LogP contribution is 2.35. The van der Waals surface area contributed by atoms with Crippen molar-refractivity contribution >= 4 is 27.5 Å². The summed E-state index contributed by atoms with van der Waals surface area (Å²) in [5.41, 5.74) is -0.116. The summed E-state index contributed by atoms with van der Waals surface area (Å²) < 4.78 is 53.3. The first-order chi connectivity index (χ1) is 8.90. The van der Waals surface area contributed by atoms with Crippen molar-refractivity contribution in [3.05, 3.63) is 69.8 Å². The van der Waals surface area contributed by atoms with Gasteiger partial charge in [0.05, 0.1) is 9.85 Å². The lowest BCUT2D eigenvalue weighted by molar-refractivity contribution is 0.527. The lowest BCUT2D eigenvalue weighted by atomic mass is 10.0. The summed E-state index contributed by atoms with van der Waals surface area (Å²) in [6, 6.07) is 4.90. The minimum Gasteiger partial charge on any atom is -0.207 e. The molecule has 0 fully saturated rings. The van der Waals surface area contributed by atoms with Gasteiger partial charge in [0.25, 0.3) is 0 Å². The van der Waals surface area contributed by atoms with Crippen molar-refractivity contribution in [1.29, 1.82) is 0 Å². The van der Waals surface area contributed by atoms with Crippen molar-refractivity contribution in [1.82, 2.24) is 0 Å². The van der Waals surface area contributed by atoms with Crippen LogP contribution in [-0.4, -0.2) is 0 Å². The maximum Gasteiger partial charge on any atom is 0.142 e. The van der Waals surface area contributed by atoms with E-state index in [1.807, 2.05) is 0 Å². The number of benzene rings is 2. The highest BCUT2D eigenvalue weighted by atomic mass is 79.9. The number of rotatable bonds is 2. The average molecular weight is 354 g/mol. The summed E-state index contributed by atoms with van der Waals surface area (Å²) in [5.74, 6) is -3.81. The molecule has 2 aromatic rings. The van der Waals surface area contributed by atoms with Gasteiger partial charge in [-0.05, 0) is 17.7 Å². The van der Waals surface area contributed by atoms with Crippen LogP contribution in [0.1, 0.15) is 16.0 Å². The molecule has 0 aromatic heterocycles. The molecule has 0 nitrogen and oxygen atoms in total. The Morgan fingerprint density at radius 1 is 0.895 bits per heavy atom. The van der Waals surface area contributed by atoms with Crippen LogP contribution in [-0.2, 0) is 0 Å². The van der Waals surface area contributed by atoms with Crippen LogP contribution in [0.4, 0.5) is 17.6 Å². The van der Waals surface area contributed by atoms with E-state index in [2.05, 4.69) is 15.9 Å². The summed E-state index contributed by atoms with van der Waals surface area (Å²) in [6.07, 6.45) is 0. The molecule has 0 saturated carbocycles. The Labute approximate surface area is 120 Å². The Balaban J connectivity index is 2.49. The zero-order valence-corrected chi connectivity index (χ0v) is 11.6. The lowest BCUT2D eigenvalue weighted by Gasteiger charge is -2.13. The molecule has 1 atom stereocenters. The molecule has 2 rings (SSSR count). The minimum atomic E-state index is -1.05. The molecular weight excluding hydrogens is 347 g/mol. The smallest absolute Gasteiger partial charge is 0.142 e. The van der Waals surface area contributed by atoms with Gasteiger partial charge in [-0.2, -0.15) is 0 Å². The third kappa shape index (κ3) is 2.92. The first kappa shape index (κ1) is 14.3. The Hall–Kier alpha value is -1.07. The monoisotopic (exact) mass is 352 g/mol. The fraction of sp³-hybridized carbons (Fsp3) is 0.0769. The van der Waals surface area contributed by atoms with E-state index in [1.165, 1.54) is 12.1 Å². The third-order valence-corrected chi connectivity index (χ3v) is 3.83. The molecular formula is C13H6BrClF4. The summed E-state index contributed by atoms with van der Waals surface area (Å²) in [7, 11) is 0. The molecule has 1 unspecified atom stereocenters. The molecule has 0 bridgehead atoms. The van der Waals surface area contributed by atoms with Crippen LogP contribution in [0.2, 0.25) is 5.02 Å². The van der Waals surface area contributed by atoms with E-state index in [4.69, 9.17) is 11.6 Å². The zero-order valence-electron chi connectivity index (χ0n) is 9.23. The van der Waals surface area contributed by atoms with Crippen LogP contribution in [0.3, 0.4) is 0 Å². The van der Waals surface area contributed by atoms with Crippen molar-refractivity contribution in [3.8, 4) is 0 Å². The quantitative estimate of drug-likeness (QED) is 0.502. The van der Waals surface area contributed by atoms with E-state index in [9.17, 15) is 17.6 Å². The highest BCUT2D eigenvalue weighted by Gasteiger charge is 2.21. The van der Waals surface area contributed by atoms with Crippen molar-refractivity contribution in [2.45, 2.75) is 4.83 Å². The summed E-state index contributed by atoms with van der Waals surface area (Å²) >= 11 is 8.59. The van der Waals surface area contributed by atoms with Crippen LogP contribution in [0, 0.1) is 23.3 Å². The number of hydrogen-bond acceptors (Lipinski definition) is 0. The van der Waals surface area contributed by atoms with Gasteiger partial charge in [0.2, 0.25) is 0 Å². The van der Waals surface area contributed by atoms with E-state index in [0.29, 0.717) is 12.1 Å². The maximum absolute atomic E-state index is 13.6. The second kappa shape index (κ2) is 5.51. The van der Waals surface area contributed by atoms with E-state index in [0.717, 1.165) is 6.07 Å². The van der Waals surface area contributed by atoms with Crippen molar-refractivity contribution in [3.63, 3.8) is 0 Å². The van der Waals surface area contributed by atoms with Crippen molar-refractivity contribution in [2.24, 2.45) is 0 Å². The van der Waals surface area contributed by atoms with Gasteiger partial charge in [-0.15, -0.1) is 0 Å². The van der Waals surface area contributed by atoms with E-state index < -0.39 is 28.1 Å². The Bertz CT molecular complexity index is 607. The van der Waals surface area contributed by atoms with Gasteiger partial charge in [0.15, 0.2) is 0 Å². The first-order valence-electron chi connectivity index (χ1n) is 5.13. The lowest BCUT2D eigenvalue weighted by Crippen LogP contribution is -2.02. The second-order valence-electron chi connectivity index (χ2n) is 3.82. The molecule has 0 aliphatic carbocycles. The van der Waals surface area contributed by atoms with Gasteiger partial charge < -0.3 is 0 Å². The first-order valence-corrected chi connectivity index (χ1v) is 6.43. The zero-order chi connectivity index (χ0) is 14.2. The Kier molecular flexibility index (Phi) is 4.16. The van der Waals surface area contributed by atoms with Crippen molar-refractivity contribution < 1.29 is 17.6 Å². The highest BCUT2D eigenvalue weighted by molar-refractivity contribution is 9.09. The normalized spacial score (nSPS) is 12.5. The Morgan fingerprint density at radius 3 is 2.00 bits per heavy atom. The molecule has 0 amide bonds. The van der Waals surface area contributed by atoms with Gasteiger partial charge >= 0.3 is 0 Å². The van der Waals surface area contributed by atoms with E-state index in [-0.39, 0.29) is 16.1 Å². The van der Waals surface area contributed by atoms with Crippen LogP contribution < -0.4 is 0 Å². The molecule has 2 aromatic carbocycles. The number of alkyl halides is 1. The fourth-order valence-corrected chi connectivity index (χ4v) is 2.47. The second-order valence-corrected chi connectivity index (χ2v) is 5.14. The summed E-state index contributed by atoms with van der Waals surface area (Å²) in [4.78, 5) is -0.945. The molecule has 19 heavy (non-hydrogen) atoms. The largest absolute Gasteiger partial charge is 0.207 e. The van der Waals surface area contributed by atoms with Gasteiger partial charge in [-0.1, -0.05) is 33.6 Å². The number of halogens is 6. The summed E-state index contributed by atoms with van der Waals surface area (Å²) in [5, 5.41) is -0.0940. The molecule has 0 saturated heterocycles. The molecule has 0 N–H and O–H groups in total. The molecule has 0 spiro atoms. The minimum absolute atomic E-state index is 0.0940. The van der Waals surface area contributed by atoms with Gasteiger partial charge in [0, 0.05) is 17.7 Å². The topological polar surface area (TPSA) is 0 Å². The van der Waals surface area contributed by atoms with Crippen LogP contribution in [0.15, 0.2) is 30.3 Å². The average Bonchev–Trinajstić information content (AvgIpc) is 2.31. The van der Waals surface area contributed by atoms with Crippen molar-refractivity contribution in [2.75, 3.05) is 0 Å². The van der Waals surface area contributed by atoms with E-state index >= 15 is 0 Å². The third-order valence-electron chi connectivity index (χ3n) is 2.53. The molecule has 6 heteroatoms. The predicted octanol–water partition coefficient (Wildman–Crippen LogP) is 5.38. The Morgan fingerprint density at radius 2 is 1.47 bits per heavy atom. The maximum atomic E-state index is 13.6. The molecule has 0 aliphatic heterocycles. The van der Waals surface area contributed by atoms with Gasteiger partial charge in [-0.3, -0.25) is 0 Å². The molecule has 0 aliphatic rings. The van der Waals surface area contributed by atoms with Crippen LogP contribution in [0.5, 0.6) is 0 Å². The fourth-order valence-electron chi connectivity index (χ4n) is 1.63. The summed E-state index contributed by atoms with van der Waals surface area (Å²) in [6.45, 7) is 0. The molecule has 100 valence electrons. The molecule has 0 heterocycles. The van der Waals surface area contributed by atoms with Crippen LogP contribution >= 0.6 is 27.5 Å². The number of hydrogen-bond donors (Lipinski definition) is 0. The van der Waals surface area contributed by atoms with Crippen LogP contribution in [0.25, 0.3) is 0 Å². The molecule has 0 radical (unpaired) electrons. The van der Waals surface area contributed by atoms with Gasteiger partial charge in [-0.25, -0.2) is 17.6 Å². The van der Waals surface area contributed by atoms with Gasteiger partial charge in [0.1, 0.15) is 23.3 Å².